The van der Waals surface area contributed by atoms with Crippen molar-refractivity contribution in [3.05, 3.63) is 77.0 Å². The summed E-state index contributed by atoms with van der Waals surface area (Å²) in [6.07, 6.45) is 4.86. The highest BCUT2D eigenvalue weighted by atomic mass is 35.5. The van der Waals surface area contributed by atoms with Crippen LogP contribution in [-0.4, -0.2) is 26.9 Å². The number of carbonyl (C=O) groups excluding carboxylic acids is 1. The summed E-state index contributed by atoms with van der Waals surface area (Å²) in [7, 11) is 0. The van der Waals surface area contributed by atoms with Crippen LogP contribution in [0.4, 0.5) is 4.39 Å². The summed E-state index contributed by atoms with van der Waals surface area (Å²) < 4.78 is 21.2. The van der Waals surface area contributed by atoms with Gasteiger partial charge in [-0.3, -0.25) is 4.79 Å². The van der Waals surface area contributed by atoms with Crippen molar-refractivity contribution < 1.29 is 13.6 Å². The minimum Gasteiger partial charge on any atom is -0.459 e. The number of rotatable bonds is 7. The van der Waals surface area contributed by atoms with E-state index in [1.165, 1.54) is 12.3 Å². The van der Waals surface area contributed by atoms with Crippen LogP contribution in [0.2, 0.25) is 5.02 Å². The maximum atomic E-state index is 14.1. The molecule has 0 spiro atoms. The fourth-order valence-corrected chi connectivity index (χ4v) is 3.10. The molecular weight excluding hydrogens is 369 g/mol. The van der Waals surface area contributed by atoms with Crippen molar-refractivity contribution in [2.24, 2.45) is 5.92 Å². The highest BCUT2D eigenvalue weighted by Crippen LogP contribution is 2.21. The van der Waals surface area contributed by atoms with Crippen molar-refractivity contribution in [1.29, 1.82) is 0 Å². The first kappa shape index (κ1) is 19.2. The second kappa shape index (κ2) is 8.39. The van der Waals surface area contributed by atoms with E-state index in [0.717, 1.165) is 0 Å². The number of imidazole rings is 1. The lowest BCUT2D eigenvalue weighted by Gasteiger charge is -2.24. The number of hydrogen-bond donors (Lipinski definition) is 0. The highest BCUT2D eigenvalue weighted by molar-refractivity contribution is 6.31. The Morgan fingerprint density at radius 2 is 2.15 bits per heavy atom. The molecule has 2 aromatic heterocycles. The van der Waals surface area contributed by atoms with Gasteiger partial charge in [0.2, 0.25) is 0 Å². The van der Waals surface area contributed by atoms with Gasteiger partial charge in [-0.25, -0.2) is 9.37 Å². The molecule has 142 valence electrons. The lowest BCUT2D eigenvalue weighted by molar-refractivity contribution is 0.0684. The van der Waals surface area contributed by atoms with Crippen LogP contribution < -0.4 is 0 Å². The molecule has 0 aliphatic rings. The second-order valence-corrected chi connectivity index (χ2v) is 7.14. The highest BCUT2D eigenvalue weighted by Gasteiger charge is 2.21. The molecule has 0 bridgehead atoms. The van der Waals surface area contributed by atoms with Crippen LogP contribution in [0.1, 0.15) is 35.8 Å². The van der Waals surface area contributed by atoms with E-state index in [9.17, 15) is 9.18 Å². The fraction of sp³-hybridized carbons (Fsp3) is 0.300. The minimum atomic E-state index is -0.368. The Balaban J connectivity index is 1.83. The van der Waals surface area contributed by atoms with E-state index < -0.39 is 0 Å². The van der Waals surface area contributed by atoms with E-state index in [2.05, 4.69) is 4.98 Å². The third-order valence-corrected chi connectivity index (χ3v) is 4.48. The first-order chi connectivity index (χ1) is 13.0. The Morgan fingerprint density at radius 1 is 1.33 bits per heavy atom. The van der Waals surface area contributed by atoms with Gasteiger partial charge in [-0.15, -0.1) is 0 Å². The molecule has 1 amide bonds. The van der Waals surface area contributed by atoms with Crippen molar-refractivity contribution in [2.75, 3.05) is 6.54 Å². The first-order valence-corrected chi connectivity index (χ1v) is 9.09. The summed E-state index contributed by atoms with van der Waals surface area (Å²) in [6, 6.07) is 7.93. The van der Waals surface area contributed by atoms with Crippen molar-refractivity contribution in [1.82, 2.24) is 14.5 Å². The van der Waals surface area contributed by atoms with E-state index in [1.54, 1.807) is 46.1 Å². The largest absolute Gasteiger partial charge is 0.459 e. The number of aromatic nitrogens is 2. The van der Waals surface area contributed by atoms with Crippen LogP contribution in [0.3, 0.4) is 0 Å². The summed E-state index contributed by atoms with van der Waals surface area (Å²) in [4.78, 5) is 18.8. The number of nitrogens with zero attached hydrogens (tertiary/aromatic N) is 3. The average Bonchev–Trinajstić information content (AvgIpc) is 3.29. The van der Waals surface area contributed by atoms with Crippen molar-refractivity contribution >= 4 is 17.5 Å². The maximum absolute atomic E-state index is 14.1. The lowest BCUT2D eigenvalue weighted by atomic mass is 10.2. The molecule has 2 heterocycles. The van der Waals surface area contributed by atoms with Gasteiger partial charge in [0.25, 0.3) is 5.91 Å². The van der Waals surface area contributed by atoms with Gasteiger partial charge < -0.3 is 13.9 Å². The monoisotopic (exact) mass is 389 g/mol. The second-order valence-electron chi connectivity index (χ2n) is 6.73. The van der Waals surface area contributed by atoms with Gasteiger partial charge >= 0.3 is 0 Å². The molecule has 0 fully saturated rings. The van der Waals surface area contributed by atoms with Crippen molar-refractivity contribution in [3.63, 3.8) is 0 Å². The first-order valence-electron chi connectivity index (χ1n) is 8.71. The zero-order chi connectivity index (χ0) is 19.4. The van der Waals surface area contributed by atoms with Crippen LogP contribution in [0.25, 0.3) is 0 Å². The number of amides is 1. The molecule has 0 aliphatic heterocycles. The Labute approximate surface area is 162 Å². The minimum absolute atomic E-state index is 0.202. The molecule has 0 unspecified atom stereocenters. The van der Waals surface area contributed by atoms with Gasteiger partial charge in [-0.05, 0) is 30.2 Å². The lowest BCUT2D eigenvalue weighted by Crippen LogP contribution is -2.34. The van der Waals surface area contributed by atoms with Crippen LogP contribution in [0, 0.1) is 11.7 Å². The van der Waals surface area contributed by atoms with Gasteiger partial charge in [0.05, 0.1) is 19.4 Å². The third kappa shape index (κ3) is 4.57. The summed E-state index contributed by atoms with van der Waals surface area (Å²) >= 11 is 6.14. The third-order valence-electron chi connectivity index (χ3n) is 4.13. The zero-order valence-corrected chi connectivity index (χ0v) is 16.0. The van der Waals surface area contributed by atoms with E-state index in [1.807, 2.05) is 13.8 Å². The van der Waals surface area contributed by atoms with Crippen molar-refractivity contribution in [3.8, 4) is 0 Å². The van der Waals surface area contributed by atoms with Gasteiger partial charge in [-0.1, -0.05) is 31.5 Å². The number of furan rings is 1. The molecular formula is C20H21ClFN3O2. The van der Waals surface area contributed by atoms with Crippen LogP contribution in [0.5, 0.6) is 0 Å². The maximum Gasteiger partial charge on any atom is 0.289 e. The van der Waals surface area contributed by atoms with Crippen LogP contribution in [-0.2, 0) is 13.1 Å². The van der Waals surface area contributed by atoms with Gasteiger partial charge in [0.15, 0.2) is 5.76 Å². The van der Waals surface area contributed by atoms with E-state index in [4.69, 9.17) is 16.0 Å². The normalized spacial score (nSPS) is 11.1. The molecule has 0 saturated heterocycles. The number of benzene rings is 1. The molecule has 3 rings (SSSR count). The Hall–Kier alpha value is -2.60. The number of hydrogen-bond acceptors (Lipinski definition) is 3. The summed E-state index contributed by atoms with van der Waals surface area (Å²) in [5.74, 6) is 0.633. The molecule has 0 N–H and O–H groups in total. The standard InChI is InChI=1S/C20H21ClFN3O2/c1-14(2)11-25(20(26)18-7-4-10-27-18)13-19-23-8-9-24(19)12-15-16(21)5-3-6-17(15)22/h3-10,14H,11-13H2,1-2H3. The molecule has 0 aliphatic carbocycles. The number of halogens is 2. The Kier molecular flexibility index (Phi) is 5.96. The van der Waals surface area contributed by atoms with E-state index >= 15 is 0 Å². The SMILES string of the molecule is CC(C)CN(Cc1nccn1Cc1c(F)cccc1Cl)C(=O)c1ccco1. The molecule has 27 heavy (non-hydrogen) atoms. The smallest absolute Gasteiger partial charge is 0.289 e. The molecule has 0 atom stereocenters. The predicted molar refractivity (Wildman–Crippen MR) is 101 cm³/mol. The quantitative estimate of drug-likeness (QED) is 0.592. The van der Waals surface area contributed by atoms with Gasteiger partial charge in [-0.2, -0.15) is 0 Å². The molecule has 0 saturated carbocycles. The molecule has 0 radical (unpaired) electrons. The molecule has 1 aromatic carbocycles. The topological polar surface area (TPSA) is 51.3 Å². The van der Waals surface area contributed by atoms with Crippen LogP contribution >= 0.6 is 11.6 Å². The molecule has 7 heteroatoms. The summed E-state index contributed by atoms with van der Waals surface area (Å²) in [5.41, 5.74) is 0.395. The van der Waals surface area contributed by atoms with Crippen LogP contribution in [0.15, 0.2) is 53.4 Å². The average molecular weight is 390 g/mol. The van der Waals surface area contributed by atoms with Gasteiger partial charge in [0.1, 0.15) is 11.6 Å². The summed E-state index contributed by atoms with van der Waals surface area (Å²) in [6.45, 7) is 5.15. The summed E-state index contributed by atoms with van der Waals surface area (Å²) in [5, 5.41) is 0.361. The Bertz CT molecular complexity index is 886. The fourth-order valence-electron chi connectivity index (χ4n) is 2.88. The predicted octanol–water partition coefficient (Wildman–Crippen LogP) is 4.62. The zero-order valence-electron chi connectivity index (χ0n) is 15.2. The van der Waals surface area contributed by atoms with E-state index in [0.29, 0.717) is 23.0 Å². The van der Waals surface area contributed by atoms with Gasteiger partial charge in [0, 0.05) is 29.5 Å². The number of carbonyl (C=O) groups is 1. The van der Waals surface area contributed by atoms with E-state index in [-0.39, 0.29) is 36.5 Å². The van der Waals surface area contributed by atoms with Crippen molar-refractivity contribution in [2.45, 2.75) is 26.9 Å². The molecule has 5 nitrogen and oxygen atoms in total. The Morgan fingerprint density at radius 3 is 2.81 bits per heavy atom. The molecule has 3 aromatic rings.